The van der Waals surface area contributed by atoms with Crippen molar-refractivity contribution in [2.24, 2.45) is 0 Å². The van der Waals surface area contributed by atoms with Crippen molar-refractivity contribution in [1.29, 1.82) is 0 Å². The number of hydrogen-bond acceptors (Lipinski definition) is 4. The smallest absolute Gasteiger partial charge is 0.164 e. The van der Waals surface area contributed by atoms with Crippen molar-refractivity contribution in [3.63, 3.8) is 0 Å². The molecule has 0 N–H and O–H groups in total. The topological polar surface area (TPSA) is 38.7 Å². The molecule has 0 aliphatic heterocycles. The highest BCUT2D eigenvalue weighted by Crippen LogP contribution is 2.41. The van der Waals surface area contributed by atoms with E-state index in [1.54, 1.807) is 0 Å². The number of aromatic nitrogens is 3. The quantitative estimate of drug-likeness (QED) is 0.181. The van der Waals surface area contributed by atoms with E-state index >= 15 is 0 Å². The van der Waals surface area contributed by atoms with Crippen molar-refractivity contribution in [2.75, 3.05) is 0 Å². The van der Waals surface area contributed by atoms with E-state index in [1.807, 2.05) is 47.7 Å². The Kier molecular flexibility index (Phi) is 7.34. The molecular weight excluding hydrogens is 615 g/mol. The molecule has 0 aliphatic carbocycles. The van der Waals surface area contributed by atoms with E-state index in [0.717, 1.165) is 27.8 Å². The fraction of sp³-hybridized carbons (Fsp3) is 0. The van der Waals surface area contributed by atoms with Gasteiger partial charge in [0.2, 0.25) is 0 Å². The highest BCUT2D eigenvalue weighted by atomic mass is 32.1. The summed E-state index contributed by atoms with van der Waals surface area (Å²) in [5.41, 5.74) is 10.0. The fourth-order valence-electron chi connectivity index (χ4n) is 6.50. The van der Waals surface area contributed by atoms with E-state index in [0.29, 0.717) is 17.5 Å². The molecule has 3 nitrogen and oxygen atoms in total. The Morgan fingerprint density at radius 3 is 1.45 bits per heavy atom. The van der Waals surface area contributed by atoms with Crippen LogP contribution >= 0.6 is 11.3 Å². The molecule has 0 aliphatic rings. The second-order valence-corrected chi connectivity index (χ2v) is 13.1. The summed E-state index contributed by atoms with van der Waals surface area (Å²) < 4.78 is 2.46. The van der Waals surface area contributed by atoms with Crippen LogP contribution in [-0.4, -0.2) is 15.0 Å². The van der Waals surface area contributed by atoms with Crippen LogP contribution in [0.2, 0.25) is 0 Å². The summed E-state index contributed by atoms with van der Waals surface area (Å²) in [6.07, 6.45) is 0. The third kappa shape index (κ3) is 5.58. The highest BCUT2D eigenvalue weighted by molar-refractivity contribution is 7.26. The number of nitrogens with zero attached hydrogens (tertiary/aromatic N) is 3. The zero-order valence-corrected chi connectivity index (χ0v) is 27.3. The number of rotatable bonds is 6. The van der Waals surface area contributed by atoms with Crippen LogP contribution in [0.25, 0.3) is 87.7 Å². The summed E-state index contributed by atoms with van der Waals surface area (Å²) in [5.74, 6) is 1.97. The van der Waals surface area contributed by atoms with Gasteiger partial charge in [-0.1, -0.05) is 158 Å². The molecule has 49 heavy (non-hydrogen) atoms. The number of fused-ring (bicyclic) bond motifs is 3. The second kappa shape index (κ2) is 12.4. The number of thiophene rings is 1. The van der Waals surface area contributed by atoms with Gasteiger partial charge in [-0.3, -0.25) is 0 Å². The maximum atomic E-state index is 5.08. The predicted octanol–water partition coefficient (Wildman–Crippen LogP) is 12.2. The second-order valence-electron chi connectivity index (χ2n) is 12.1. The molecule has 0 bridgehead atoms. The van der Waals surface area contributed by atoms with Gasteiger partial charge in [-0.2, -0.15) is 0 Å². The summed E-state index contributed by atoms with van der Waals surface area (Å²) in [7, 11) is 0. The Morgan fingerprint density at radius 2 is 0.776 bits per heavy atom. The lowest BCUT2D eigenvalue weighted by atomic mass is 9.97. The van der Waals surface area contributed by atoms with Gasteiger partial charge >= 0.3 is 0 Å². The first kappa shape index (κ1) is 29.0. The fourth-order valence-corrected chi connectivity index (χ4v) is 7.67. The van der Waals surface area contributed by atoms with Crippen LogP contribution < -0.4 is 0 Å². The maximum absolute atomic E-state index is 5.08. The normalized spacial score (nSPS) is 11.3. The molecule has 9 rings (SSSR count). The van der Waals surface area contributed by atoms with E-state index in [2.05, 4.69) is 140 Å². The Labute approximate surface area is 288 Å². The molecule has 0 unspecified atom stereocenters. The van der Waals surface area contributed by atoms with Crippen LogP contribution in [0.15, 0.2) is 176 Å². The van der Waals surface area contributed by atoms with E-state index in [4.69, 9.17) is 15.0 Å². The van der Waals surface area contributed by atoms with Crippen LogP contribution in [0, 0.1) is 0 Å². The van der Waals surface area contributed by atoms with Gasteiger partial charge in [0.05, 0.1) is 0 Å². The van der Waals surface area contributed by atoms with Gasteiger partial charge in [0.15, 0.2) is 17.5 Å². The zero-order valence-electron chi connectivity index (χ0n) is 26.5. The van der Waals surface area contributed by atoms with Gasteiger partial charge in [-0.25, -0.2) is 15.0 Å². The molecule has 2 heterocycles. The Balaban J connectivity index is 1.15. The third-order valence-electron chi connectivity index (χ3n) is 8.95. The van der Waals surface area contributed by atoms with Crippen molar-refractivity contribution in [1.82, 2.24) is 15.0 Å². The van der Waals surface area contributed by atoms with E-state index in [1.165, 1.54) is 42.4 Å². The molecular formula is C45H29N3S. The predicted molar refractivity (Wildman–Crippen MR) is 205 cm³/mol. The Bertz CT molecular complexity index is 2580. The van der Waals surface area contributed by atoms with Crippen molar-refractivity contribution < 1.29 is 0 Å². The van der Waals surface area contributed by atoms with Gasteiger partial charge in [0, 0.05) is 36.9 Å². The van der Waals surface area contributed by atoms with Gasteiger partial charge in [-0.05, 0) is 51.6 Å². The van der Waals surface area contributed by atoms with Crippen molar-refractivity contribution in [3.8, 4) is 67.5 Å². The van der Waals surface area contributed by atoms with Crippen LogP contribution in [-0.2, 0) is 0 Å². The minimum Gasteiger partial charge on any atom is -0.208 e. The minimum absolute atomic E-state index is 0.652. The van der Waals surface area contributed by atoms with Crippen LogP contribution in [0.1, 0.15) is 0 Å². The number of hydrogen-bond donors (Lipinski definition) is 0. The molecule has 230 valence electrons. The average molecular weight is 644 g/mol. The molecule has 7 aromatic carbocycles. The van der Waals surface area contributed by atoms with Crippen molar-refractivity contribution in [3.05, 3.63) is 176 Å². The highest BCUT2D eigenvalue weighted by Gasteiger charge is 2.16. The summed E-state index contributed by atoms with van der Waals surface area (Å²) in [6.45, 7) is 0. The molecule has 0 saturated carbocycles. The zero-order chi connectivity index (χ0) is 32.6. The molecule has 0 atom stereocenters. The first-order valence-corrected chi connectivity index (χ1v) is 17.2. The summed E-state index contributed by atoms with van der Waals surface area (Å²) in [5, 5.41) is 2.51. The van der Waals surface area contributed by atoms with Gasteiger partial charge in [0.25, 0.3) is 0 Å². The van der Waals surface area contributed by atoms with Crippen LogP contribution in [0.5, 0.6) is 0 Å². The van der Waals surface area contributed by atoms with E-state index in [9.17, 15) is 0 Å². The van der Waals surface area contributed by atoms with Gasteiger partial charge in [-0.15, -0.1) is 11.3 Å². The third-order valence-corrected chi connectivity index (χ3v) is 10.1. The summed E-state index contributed by atoms with van der Waals surface area (Å²) >= 11 is 1.81. The molecule has 0 saturated heterocycles. The van der Waals surface area contributed by atoms with Gasteiger partial charge in [0.1, 0.15) is 0 Å². The lowest BCUT2D eigenvalue weighted by molar-refractivity contribution is 1.07. The van der Waals surface area contributed by atoms with E-state index < -0.39 is 0 Å². The van der Waals surface area contributed by atoms with Gasteiger partial charge < -0.3 is 0 Å². The first-order chi connectivity index (χ1) is 24.3. The molecule has 0 fully saturated rings. The molecule has 0 radical (unpaired) electrons. The standard InChI is InChI=1S/C45H29N3S/c1-4-12-30(13-5-1)32-22-24-33(25-23-32)38-20-11-21-40-42(38)39-27-26-37(29-41(39)49-40)45-47-43(34-16-8-3-9-17-34)46-44(48-45)36-19-10-18-35(28-36)31-14-6-2-7-15-31/h1-29H. The van der Waals surface area contributed by atoms with Crippen LogP contribution in [0.3, 0.4) is 0 Å². The van der Waals surface area contributed by atoms with Crippen molar-refractivity contribution in [2.45, 2.75) is 0 Å². The summed E-state index contributed by atoms with van der Waals surface area (Å²) in [4.78, 5) is 15.1. The average Bonchev–Trinajstić information content (AvgIpc) is 3.57. The van der Waals surface area contributed by atoms with E-state index in [-0.39, 0.29) is 0 Å². The monoisotopic (exact) mass is 643 g/mol. The molecule has 0 amide bonds. The minimum atomic E-state index is 0.652. The SMILES string of the molecule is c1ccc(-c2ccc(-c3cccc4sc5cc(-c6nc(-c7ccccc7)nc(-c7cccc(-c8ccccc8)c7)n6)ccc5c34)cc2)cc1. The molecule has 0 spiro atoms. The summed E-state index contributed by atoms with van der Waals surface area (Å²) in [6, 6.07) is 61.6. The molecule has 2 aromatic heterocycles. The number of benzene rings is 7. The Hall–Kier alpha value is -6.23. The van der Waals surface area contributed by atoms with Crippen molar-refractivity contribution >= 4 is 31.5 Å². The molecule has 9 aromatic rings. The first-order valence-electron chi connectivity index (χ1n) is 16.4. The Morgan fingerprint density at radius 1 is 0.306 bits per heavy atom. The largest absolute Gasteiger partial charge is 0.208 e. The molecule has 4 heteroatoms. The maximum Gasteiger partial charge on any atom is 0.164 e. The lowest BCUT2D eigenvalue weighted by Gasteiger charge is -2.10. The van der Waals surface area contributed by atoms with Crippen LogP contribution in [0.4, 0.5) is 0 Å². The lowest BCUT2D eigenvalue weighted by Crippen LogP contribution is -2.00.